The van der Waals surface area contributed by atoms with Crippen LogP contribution >= 0.6 is 15.9 Å². The molecule has 0 fully saturated rings. The van der Waals surface area contributed by atoms with E-state index in [9.17, 15) is 9.50 Å². The summed E-state index contributed by atoms with van der Waals surface area (Å²) < 4.78 is 20.0. The zero-order valence-electron chi connectivity index (χ0n) is 11.4. The monoisotopic (exact) mass is 338 g/mol. The minimum Gasteiger partial charge on any atom is -0.496 e. The van der Waals surface area contributed by atoms with Crippen molar-refractivity contribution in [1.82, 2.24) is 0 Å². The molecule has 2 aromatic carbocycles. The standard InChI is InChI=1S/C16H16BrFO2/c1-10-3-5-13(14(18)7-10)15(19)9-11-8-12(17)4-6-16(11)20-2/h3-8,15,19H,9H2,1-2H3. The summed E-state index contributed by atoms with van der Waals surface area (Å²) in [6.45, 7) is 1.82. The van der Waals surface area contributed by atoms with E-state index in [-0.39, 0.29) is 5.82 Å². The van der Waals surface area contributed by atoms with E-state index in [1.165, 1.54) is 6.07 Å². The van der Waals surface area contributed by atoms with Gasteiger partial charge in [0.2, 0.25) is 0 Å². The van der Waals surface area contributed by atoms with Gasteiger partial charge in [0.15, 0.2) is 0 Å². The smallest absolute Gasteiger partial charge is 0.129 e. The van der Waals surface area contributed by atoms with E-state index in [4.69, 9.17) is 4.74 Å². The van der Waals surface area contributed by atoms with Crippen LogP contribution in [0.1, 0.15) is 22.8 Å². The topological polar surface area (TPSA) is 29.5 Å². The van der Waals surface area contributed by atoms with Gasteiger partial charge in [0.05, 0.1) is 13.2 Å². The molecule has 0 saturated heterocycles. The molecule has 1 atom stereocenters. The summed E-state index contributed by atoms with van der Waals surface area (Å²) >= 11 is 3.38. The lowest BCUT2D eigenvalue weighted by Crippen LogP contribution is -2.06. The maximum absolute atomic E-state index is 13.9. The average Bonchev–Trinajstić information content (AvgIpc) is 2.38. The van der Waals surface area contributed by atoms with Gasteiger partial charge in [0.1, 0.15) is 11.6 Å². The van der Waals surface area contributed by atoms with Crippen LogP contribution in [0.3, 0.4) is 0 Å². The van der Waals surface area contributed by atoms with Crippen LogP contribution in [0, 0.1) is 12.7 Å². The molecule has 0 aromatic heterocycles. The molecule has 4 heteroatoms. The first-order chi connectivity index (χ1) is 9.51. The molecule has 2 rings (SSSR count). The molecule has 2 nitrogen and oxygen atoms in total. The van der Waals surface area contributed by atoms with Gasteiger partial charge in [0.25, 0.3) is 0 Å². The highest BCUT2D eigenvalue weighted by molar-refractivity contribution is 9.10. The van der Waals surface area contributed by atoms with E-state index < -0.39 is 6.10 Å². The molecule has 0 bridgehead atoms. The number of halogens is 2. The normalized spacial score (nSPS) is 12.2. The zero-order chi connectivity index (χ0) is 14.7. The average molecular weight is 339 g/mol. The van der Waals surface area contributed by atoms with Crippen LogP contribution in [0.4, 0.5) is 4.39 Å². The van der Waals surface area contributed by atoms with Gasteiger partial charge >= 0.3 is 0 Å². The first-order valence-corrected chi connectivity index (χ1v) is 7.07. The Morgan fingerprint density at radius 2 is 2.00 bits per heavy atom. The fourth-order valence-corrected chi connectivity index (χ4v) is 2.54. The fourth-order valence-electron chi connectivity index (χ4n) is 2.13. The number of hydrogen-bond acceptors (Lipinski definition) is 2. The van der Waals surface area contributed by atoms with Crippen molar-refractivity contribution in [3.8, 4) is 5.75 Å². The summed E-state index contributed by atoms with van der Waals surface area (Å²) in [5, 5.41) is 10.2. The van der Waals surface area contributed by atoms with Gasteiger partial charge in [-0.1, -0.05) is 28.1 Å². The van der Waals surface area contributed by atoms with Crippen molar-refractivity contribution in [1.29, 1.82) is 0 Å². The molecular formula is C16H16BrFO2. The first-order valence-electron chi connectivity index (χ1n) is 6.28. The number of aryl methyl sites for hydroxylation is 1. The molecular weight excluding hydrogens is 323 g/mol. The molecule has 20 heavy (non-hydrogen) atoms. The van der Waals surface area contributed by atoms with Crippen LogP contribution in [0.5, 0.6) is 5.75 Å². The quantitative estimate of drug-likeness (QED) is 0.905. The van der Waals surface area contributed by atoms with Crippen LogP contribution in [-0.2, 0) is 6.42 Å². The fraction of sp³-hybridized carbons (Fsp3) is 0.250. The van der Waals surface area contributed by atoms with Crippen molar-refractivity contribution in [2.45, 2.75) is 19.4 Å². The number of aliphatic hydroxyl groups excluding tert-OH is 1. The Labute approximate surface area is 126 Å². The minimum atomic E-state index is -0.904. The lowest BCUT2D eigenvalue weighted by molar-refractivity contribution is 0.172. The van der Waals surface area contributed by atoms with Crippen LogP contribution in [0.25, 0.3) is 0 Å². The van der Waals surface area contributed by atoms with Gasteiger partial charge in [-0.3, -0.25) is 0 Å². The van der Waals surface area contributed by atoms with Gasteiger partial charge in [-0.25, -0.2) is 4.39 Å². The van der Waals surface area contributed by atoms with Crippen molar-refractivity contribution in [2.75, 3.05) is 7.11 Å². The molecule has 0 saturated carbocycles. The molecule has 1 unspecified atom stereocenters. The van der Waals surface area contributed by atoms with Crippen molar-refractivity contribution in [3.63, 3.8) is 0 Å². The van der Waals surface area contributed by atoms with Crippen LogP contribution < -0.4 is 4.74 Å². The van der Waals surface area contributed by atoms with Gasteiger partial charge in [-0.2, -0.15) is 0 Å². The predicted molar refractivity (Wildman–Crippen MR) is 80.5 cm³/mol. The highest BCUT2D eigenvalue weighted by atomic mass is 79.9. The molecule has 1 N–H and O–H groups in total. The van der Waals surface area contributed by atoms with Crippen molar-refractivity contribution in [2.24, 2.45) is 0 Å². The lowest BCUT2D eigenvalue weighted by atomic mass is 9.99. The lowest BCUT2D eigenvalue weighted by Gasteiger charge is -2.15. The van der Waals surface area contributed by atoms with E-state index >= 15 is 0 Å². The van der Waals surface area contributed by atoms with Gasteiger partial charge in [-0.15, -0.1) is 0 Å². The largest absolute Gasteiger partial charge is 0.496 e. The number of hydrogen-bond donors (Lipinski definition) is 1. The third kappa shape index (κ3) is 3.38. The second-order valence-electron chi connectivity index (χ2n) is 4.70. The minimum absolute atomic E-state index is 0.294. The predicted octanol–water partition coefficient (Wildman–Crippen LogP) is 4.18. The maximum Gasteiger partial charge on any atom is 0.129 e. The Balaban J connectivity index is 2.27. The van der Waals surface area contributed by atoms with E-state index in [1.807, 2.05) is 25.1 Å². The van der Waals surface area contributed by atoms with Crippen LogP contribution in [0.15, 0.2) is 40.9 Å². The van der Waals surface area contributed by atoms with Gasteiger partial charge in [0, 0.05) is 16.5 Å². The van der Waals surface area contributed by atoms with Crippen LogP contribution in [0.2, 0.25) is 0 Å². The summed E-state index contributed by atoms with van der Waals surface area (Å²) in [5.74, 6) is 0.297. The Bertz CT molecular complexity index is 613. The van der Waals surface area contributed by atoms with Crippen molar-refractivity contribution < 1.29 is 14.2 Å². The molecule has 2 aromatic rings. The summed E-state index contributed by atoms with van der Waals surface area (Å²) in [4.78, 5) is 0. The second kappa shape index (κ2) is 6.37. The summed E-state index contributed by atoms with van der Waals surface area (Å²) in [6.07, 6.45) is -0.610. The van der Waals surface area contributed by atoms with Crippen LogP contribution in [-0.4, -0.2) is 12.2 Å². The molecule has 0 spiro atoms. The molecule has 0 aliphatic carbocycles. The van der Waals surface area contributed by atoms with Crippen molar-refractivity contribution in [3.05, 3.63) is 63.4 Å². The molecule has 0 radical (unpaired) electrons. The van der Waals surface area contributed by atoms with E-state index in [2.05, 4.69) is 15.9 Å². The Morgan fingerprint density at radius 3 is 2.65 bits per heavy atom. The van der Waals surface area contributed by atoms with Crippen molar-refractivity contribution >= 4 is 15.9 Å². The number of ether oxygens (including phenoxy) is 1. The van der Waals surface area contributed by atoms with E-state index in [1.54, 1.807) is 19.2 Å². The highest BCUT2D eigenvalue weighted by Gasteiger charge is 2.16. The third-order valence-electron chi connectivity index (χ3n) is 3.17. The zero-order valence-corrected chi connectivity index (χ0v) is 12.9. The molecule has 0 amide bonds. The molecule has 0 heterocycles. The van der Waals surface area contributed by atoms with E-state index in [0.717, 1.165) is 15.6 Å². The van der Waals surface area contributed by atoms with E-state index in [0.29, 0.717) is 17.7 Å². The number of methoxy groups -OCH3 is 1. The summed E-state index contributed by atoms with van der Waals surface area (Å²) in [5.41, 5.74) is 1.96. The molecule has 0 aliphatic rings. The Hall–Kier alpha value is -1.39. The maximum atomic E-state index is 13.9. The van der Waals surface area contributed by atoms with Gasteiger partial charge in [-0.05, 0) is 42.3 Å². The second-order valence-corrected chi connectivity index (χ2v) is 5.62. The number of aliphatic hydroxyl groups is 1. The number of benzene rings is 2. The highest BCUT2D eigenvalue weighted by Crippen LogP contribution is 2.29. The summed E-state index contributed by atoms with van der Waals surface area (Å²) in [7, 11) is 1.57. The first kappa shape index (κ1) is 15.0. The Morgan fingerprint density at radius 1 is 1.25 bits per heavy atom. The van der Waals surface area contributed by atoms with Gasteiger partial charge < -0.3 is 9.84 Å². The third-order valence-corrected chi connectivity index (χ3v) is 3.66. The number of rotatable bonds is 4. The molecule has 0 aliphatic heterocycles. The molecule has 106 valence electrons. The summed E-state index contributed by atoms with van der Waals surface area (Å²) in [6, 6.07) is 10.4. The Kier molecular flexibility index (Phi) is 4.78. The SMILES string of the molecule is COc1ccc(Br)cc1CC(O)c1ccc(C)cc1F.